The summed E-state index contributed by atoms with van der Waals surface area (Å²) in [6, 6.07) is 10.3. The third-order valence-electron chi connectivity index (χ3n) is 4.51. The molecule has 0 saturated carbocycles. The number of hydrogen-bond acceptors (Lipinski definition) is 7. The van der Waals surface area contributed by atoms with Crippen LogP contribution in [0.3, 0.4) is 0 Å². The maximum absolute atomic E-state index is 12.1. The van der Waals surface area contributed by atoms with Crippen molar-refractivity contribution in [2.75, 3.05) is 25.3 Å². The van der Waals surface area contributed by atoms with Crippen molar-refractivity contribution in [3.63, 3.8) is 0 Å². The summed E-state index contributed by atoms with van der Waals surface area (Å²) in [5.74, 6) is 0.920. The van der Waals surface area contributed by atoms with Crippen LogP contribution < -0.4 is 14.4 Å². The molecule has 2 heterocycles. The van der Waals surface area contributed by atoms with E-state index in [1.807, 2.05) is 23.1 Å². The summed E-state index contributed by atoms with van der Waals surface area (Å²) < 4.78 is 15.6. The maximum Gasteiger partial charge on any atom is 0.335 e. The van der Waals surface area contributed by atoms with E-state index in [0.717, 1.165) is 11.3 Å². The fourth-order valence-corrected chi connectivity index (χ4v) is 3.24. The monoisotopic (exact) mass is 368 g/mol. The molecule has 0 radical (unpaired) electrons. The Morgan fingerprint density at radius 3 is 2.81 bits per heavy atom. The van der Waals surface area contributed by atoms with Crippen molar-refractivity contribution in [2.45, 2.75) is 6.54 Å². The van der Waals surface area contributed by atoms with Crippen LogP contribution >= 0.6 is 0 Å². The number of fused-ring (bicyclic) bond motifs is 2. The van der Waals surface area contributed by atoms with Crippen molar-refractivity contribution >= 4 is 23.4 Å². The van der Waals surface area contributed by atoms with E-state index in [9.17, 15) is 14.9 Å². The van der Waals surface area contributed by atoms with Gasteiger partial charge >= 0.3 is 5.97 Å². The lowest BCUT2D eigenvalue weighted by atomic mass is 10.0. The summed E-state index contributed by atoms with van der Waals surface area (Å²) in [7, 11) is 1.31. The van der Waals surface area contributed by atoms with Crippen LogP contribution in [0.15, 0.2) is 42.0 Å². The van der Waals surface area contributed by atoms with Crippen molar-refractivity contribution in [3.05, 3.63) is 63.2 Å². The van der Waals surface area contributed by atoms with E-state index in [1.165, 1.54) is 19.2 Å². The number of non-ortho nitro benzene ring substituents is 1. The van der Waals surface area contributed by atoms with Gasteiger partial charge in [0, 0.05) is 29.9 Å². The van der Waals surface area contributed by atoms with Gasteiger partial charge in [-0.05, 0) is 29.8 Å². The average Bonchev–Trinajstić information content (AvgIpc) is 3.14. The highest BCUT2D eigenvalue weighted by molar-refractivity contribution is 5.97. The van der Waals surface area contributed by atoms with Crippen molar-refractivity contribution in [1.29, 1.82) is 0 Å². The highest BCUT2D eigenvalue weighted by atomic mass is 16.7. The van der Waals surface area contributed by atoms with Gasteiger partial charge in [0.2, 0.25) is 6.79 Å². The molecular weight excluding hydrogens is 352 g/mol. The van der Waals surface area contributed by atoms with Crippen LogP contribution in [0.5, 0.6) is 11.5 Å². The Hall–Kier alpha value is -3.55. The minimum Gasteiger partial charge on any atom is -0.466 e. The summed E-state index contributed by atoms with van der Waals surface area (Å²) in [6.07, 6.45) is 1.64. The van der Waals surface area contributed by atoms with Gasteiger partial charge < -0.3 is 19.1 Å². The molecule has 0 spiro atoms. The zero-order valence-corrected chi connectivity index (χ0v) is 14.5. The van der Waals surface area contributed by atoms with E-state index in [1.54, 1.807) is 12.1 Å². The molecule has 0 fully saturated rings. The molecule has 0 N–H and O–H groups in total. The molecule has 4 rings (SSSR count). The SMILES string of the molecule is COC(=O)C1=Cc2cc([N+](=O)[O-])ccc2N(Cc2ccc3c(c2)OCO3)C1. The number of carbonyl (C=O) groups excluding carboxylic acids is 1. The molecule has 138 valence electrons. The number of methoxy groups -OCH3 is 1. The molecule has 0 atom stereocenters. The number of nitro groups is 1. The van der Waals surface area contributed by atoms with E-state index in [4.69, 9.17) is 14.2 Å². The summed E-state index contributed by atoms with van der Waals surface area (Å²) in [5.41, 5.74) is 2.79. The van der Waals surface area contributed by atoms with Gasteiger partial charge in [-0.15, -0.1) is 0 Å². The van der Waals surface area contributed by atoms with E-state index in [-0.39, 0.29) is 12.5 Å². The molecule has 2 aromatic rings. The molecule has 2 aliphatic rings. The number of nitrogens with zero attached hydrogens (tertiary/aromatic N) is 2. The molecule has 8 heteroatoms. The largest absolute Gasteiger partial charge is 0.466 e. The summed E-state index contributed by atoms with van der Waals surface area (Å²) >= 11 is 0. The minimum absolute atomic E-state index is 0.0286. The Balaban J connectivity index is 1.69. The number of rotatable bonds is 4. The predicted molar refractivity (Wildman–Crippen MR) is 96.7 cm³/mol. The normalized spacial score (nSPS) is 14.4. The summed E-state index contributed by atoms with van der Waals surface area (Å²) in [5, 5.41) is 11.1. The summed E-state index contributed by atoms with van der Waals surface area (Å²) in [6.45, 7) is 1.03. The smallest absolute Gasteiger partial charge is 0.335 e. The van der Waals surface area contributed by atoms with Crippen LogP contribution in [0.25, 0.3) is 6.08 Å². The Morgan fingerprint density at radius 2 is 2.04 bits per heavy atom. The first-order valence-electron chi connectivity index (χ1n) is 8.26. The lowest BCUT2D eigenvalue weighted by Gasteiger charge is -2.30. The van der Waals surface area contributed by atoms with Crippen molar-refractivity contribution in [3.8, 4) is 11.5 Å². The lowest BCUT2D eigenvalue weighted by molar-refractivity contribution is -0.384. The zero-order chi connectivity index (χ0) is 19.0. The molecule has 0 aromatic heterocycles. The van der Waals surface area contributed by atoms with Gasteiger partial charge in [0.05, 0.1) is 24.2 Å². The van der Waals surface area contributed by atoms with Gasteiger partial charge in [-0.3, -0.25) is 10.1 Å². The third kappa shape index (κ3) is 3.17. The number of hydrogen-bond donors (Lipinski definition) is 0. The highest BCUT2D eigenvalue weighted by Gasteiger charge is 2.25. The van der Waals surface area contributed by atoms with Crippen molar-refractivity contribution in [2.24, 2.45) is 0 Å². The first kappa shape index (κ1) is 16.9. The van der Waals surface area contributed by atoms with Gasteiger partial charge in [0.25, 0.3) is 5.69 Å². The van der Waals surface area contributed by atoms with Crippen LogP contribution in [-0.4, -0.2) is 31.3 Å². The number of ether oxygens (including phenoxy) is 3. The third-order valence-corrected chi connectivity index (χ3v) is 4.51. The Bertz CT molecular complexity index is 969. The Morgan fingerprint density at radius 1 is 1.22 bits per heavy atom. The molecule has 27 heavy (non-hydrogen) atoms. The lowest BCUT2D eigenvalue weighted by Crippen LogP contribution is -2.31. The number of anilines is 1. The van der Waals surface area contributed by atoms with Crippen molar-refractivity contribution in [1.82, 2.24) is 0 Å². The maximum atomic E-state index is 12.1. The molecule has 2 aromatic carbocycles. The second-order valence-electron chi connectivity index (χ2n) is 6.21. The van der Waals surface area contributed by atoms with Gasteiger partial charge in [-0.2, -0.15) is 0 Å². The zero-order valence-electron chi connectivity index (χ0n) is 14.5. The van der Waals surface area contributed by atoms with Crippen molar-refractivity contribution < 1.29 is 23.9 Å². The van der Waals surface area contributed by atoms with Crippen LogP contribution in [0.2, 0.25) is 0 Å². The number of benzene rings is 2. The molecule has 0 bridgehead atoms. The van der Waals surface area contributed by atoms with Crippen LogP contribution in [0.1, 0.15) is 11.1 Å². The van der Waals surface area contributed by atoms with Crippen LogP contribution in [0.4, 0.5) is 11.4 Å². The van der Waals surface area contributed by atoms with Gasteiger partial charge in [-0.1, -0.05) is 6.07 Å². The van der Waals surface area contributed by atoms with Gasteiger partial charge in [0.1, 0.15) is 0 Å². The average molecular weight is 368 g/mol. The highest BCUT2D eigenvalue weighted by Crippen LogP contribution is 2.36. The number of esters is 1. The quantitative estimate of drug-likeness (QED) is 0.465. The topological polar surface area (TPSA) is 91.1 Å². The number of nitro benzene ring substituents is 1. The Labute approximate surface area is 154 Å². The van der Waals surface area contributed by atoms with E-state index in [2.05, 4.69) is 0 Å². The minimum atomic E-state index is -0.456. The second kappa shape index (κ2) is 6.64. The van der Waals surface area contributed by atoms with E-state index in [0.29, 0.717) is 35.7 Å². The van der Waals surface area contributed by atoms with Gasteiger partial charge in [0.15, 0.2) is 11.5 Å². The second-order valence-corrected chi connectivity index (χ2v) is 6.21. The predicted octanol–water partition coefficient (Wildman–Crippen LogP) is 2.90. The van der Waals surface area contributed by atoms with Gasteiger partial charge in [-0.25, -0.2) is 4.79 Å². The fraction of sp³-hybridized carbons (Fsp3) is 0.211. The van der Waals surface area contributed by atoms with Crippen LogP contribution in [-0.2, 0) is 16.1 Å². The first-order valence-corrected chi connectivity index (χ1v) is 8.26. The first-order chi connectivity index (χ1) is 13.0. The molecule has 8 nitrogen and oxygen atoms in total. The van der Waals surface area contributed by atoms with E-state index < -0.39 is 10.9 Å². The fourth-order valence-electron chi connectivity index (χ4n) is 3.24. The standard InChI is InChI=1S/C19H16N2O6/c1-25-19(22)14-7-13-8-15(21(23)24)3-4-16(13)20(10-14)9-12-2-5-17-18(6-12)27-11-26-17/h2-8H,9-11H2,1H3. The number of carbonyl (C=O) groups is 1. The Kier molecular flexibility index (Phi) is 4.15. The molecule has 0 amide bonds. The van der Waals surface area contributed by atoms with E-state index >= 15 is 0 Å². The molecule has 2 aliphatic heterocycles. The molecule has 0 saturated heterocycles. The molecule has 0 aliphatic carbocycles. The summed E-state index contributed by atoms with van der Waals surface area (Å²) in [4.78, 5) is 24.7. The molecular formula is C19H16N2O6. The molecule has 0 unspecified atom stereocenters. The van der Waals surface area contributed by atoms with Crippen LogP contribution in [0, 0.1) is 10.1 Å².